The zero-order chi connectivity index (χ0) is 19.3. The number of benzene rings is 1. The molecular weight excluding hydrogens is 353 g/mol. The standard InChI is InChI=1S/C20H22FNO3S/c1-5-16-13(4)26-19(18(16)20(24)25-12(2)3)22-17(23)11-8-14-6-9-15(21)10-7-14/h6-12H,5H2,1-4H3,(H,22,23). The van der Waals surface area contributed by atoms with Crippen LogP contribution in [-0.4, -0.2) is 18.0 Å². The fourth-order valence-corrected chi connectivity index (χ4v) is 3.62. The van der Waals surface area contributed by atoms with Gasteiger partial charge in [0, 0.05) is 11.0 Å². The molecule has 26 heavy (non-hydrogen) atoms. The molecule has 1 amide bonds. The quantitative estimate of drug-likeness (QED) is 0.572. The Hall–Kier alpha value is -2.47. The summed E-state index contributed by atoms with van der Waals surface area (Å²) in [6.07, 6.45) is 3.37. The number of esters is 1. The molecular formula is C20H22FNO3S. The molecule has 0 saturated heterocycles. The molecule has 0 aliphatic rings. The fourth-order valence-electron chi connectivity index (χ4n) is 2.48. The van der Waals surface area contributed by atoms with Crippen molar-refractivity contribution in [3.05, 3.63) is 57.7 Å². The molecule has 0 bridgehead atoms. The van der Waals surface area contributed by atoms with E-state index < -0.39 is 5.97 Å². The van der Waals surface area contributed by atoms with Crippen LogP contribution >= 0.6 is 11.3 Å². The summed E-state index contributed by atoms with van der Waals surface area (Å²) >= 11 is 1.36. The highest BCUT2D eigenvalue weighted by molar-refractivity contribution is 7.16. The molecule has 1 aromatic heterocycles. The van der Waals surface area contributed by atoms with Gasteiger partial charge in [-0.3, -0.25) is 4.79 Å². The van der Waals surface area contributed by atoms with Gasteiger partial charge in [-0.05, 0) is 56.5 Å². The van der Waals surface area contributed by atoms with E-state index in [1.165, 1.54) is 29.5 Å². The van der Waals surface area contributed by atoms with Crippen LogP contribution < -0.4 is 5.32 Å². The number of carbonyl (C=O) groups excluding carboxylic acids is 2. The number of hydrogen-bond acceptors (Lipinski definition) is 4. The van der Waals surface area contributed by atoms with E-state index in [2.05, 4.69) is 5.32 Å². The molecule has 0 saturated carbocycles. The number of anilines is 1. The van der Waals surface area contributed by atoms with Crippen molar-refractivity contribution in [2.45, 2.75) is 40.2 Å². The van der Waals surface area contributed by atoms with Gasteiger partial charge in [-0.15, -0.1) is 11.3 Å². The van der Waals surface area contributed by atoms with Crippen LogP contribution in [0.25, 0.3) is 6.08 Å². The van der Waals surface area contributed by atoms with Crippen LogP contribution in [0.15, 0.2) is 30.3 Å². The van der Waals surface area contributed by atoms with Crippen LogP contribution in [0, 0.1) is 12.7 Å². The molecule has 6 heteroatoms. The summed E-state index contributed by atoms with van der Waals surface area (Å²) in [5.74, 6) is -1.13. The summed E-state index contributed by atoms with van der Waals surface area (Å²) in [5, 5.41) is 3.24. The molecule has 0 radical (unpaired) electrons. The van der Waals surface area contributed by atoms with E-state index in [0.29, 0.717) is 22.5 Å². The number of thiophene rings is 1. The Bertz CT molecular complexity index is 822. The van der Waals surface area contributed by atoms with E-state index in [1.54, 1.807) is 32.1 Å². The Morgan fingerprint density at radius 2 is 1.92 bits per heavy atom. The molecule has 4 nitrogen and oxygen atoms in total. The maximum Gasteiger partial charge on any atom is 0.341 e. The monoisotopic (exact) mass is 375 g/mol. The van der Waals surface area contributed by atoms with Gasteiger partial charge in [0.15, 0.2) is 0 Å². The van der Waals surface area contributed by atoms with Crippen molar-refractivity contribution in [3.8, 4) is 0 Å². The average molecular weight is 375 g/mol. The summed E-state index contributed by atoms with van der Waals surface area (Å²) in [6, 6.07) is 5.81. The van der Waals surface area contributed by atoms with Gasteiger partial charge in [-0.1, -0.05) is 19.1 Å². The van der Waals surface area contributed by atoms with Crippen molar-refractivity contribution in [3.63, 3.8) is 0 Å². The van der Waals surface area contributed by atoms with E-state index in [1.807, 2.05) is 13.8 Å². The maximum atomic E-state index is 12.9. The first-order chi connectivity index (χ1) is 12.3. The topological polar surface area (TPSA) is 55.4 Å². The minimum Gasteiger partial charge on any atom is -0.459 e. The third-order valence-electron chi connectivity index (χ3n) is 3.64. The minimum absolute atomic E-state index is 0.241. The van der Waals surface area contributed by atoms with Gasteiger partial charge in [-0.25, -0.2) is 9.18 Å². The highest BCUT2D eigenvalue weighted by atomic mass is 32.1. The number of carbonyl (C=O) groups is 2. The number of ether oxygens (including phenoxy) is 1. The highest BCUT2D eigenvalue weighted by Gasteiger charge is 2.23. The van der Waals surface area contributed by atoms with E-state index in [-0.39, 0.29) is 17.8 Å². The molecule has 0 aliphatic carbocycles. The number of nitrogens with one attached hydrogen (secondary N) is 1. The van der Waals surface area contributed by atoms with Crippen LogP contribution in [0.2, 0.25) is 0 Å². The third-order valence-corrected chi connectivity index (χ3v) is 4.71. The molecule has 0 spiro atoms. The Morgan fingerprint density at radius 3 is 2.50 bits per heavy atom. The normalized spacial score (nSPS) is 11.2. The van der Waals surface area contributed by atoms with Gasteiger partial charge in [-0.2, -0.15) is 0 Å². The maximum absolute atomic E-state index is 12.9. The number of rotatable bonds is 6. The minimum atomic E-state index is -0.431. The van der Waals surface area contributed by atoms with Crippen LogP contribution in [0.1, 0.15) is 47.1 Å². The summed E-state index contributed by atoms with van der Waals surface area (Å²) < 4.78 is 18.2. The lowest BCUT2D eigenvalue weighted by atomic mass is 10.1. The number of halogens is 1. The predicted molar refractivity (Wildman–Crippen MR) is 103 cm³/mol. The van der Waals surface area contributed by atoms with Crippen molar-refractivity contribution in [1.82, 2.24) is 0 Å². The van der Waals surface area contributed by atoms with Gasteiger partial charge < -0.3 is 10.1 Å². The van der Waals surface area contributed by atoms with Crippen LogP contribution in [0.3, 0.4) is 0 Å². The van der Waals surface area contributed by atoms with E-state index in [4.69, 9.17) is 4.74 Å². The zero-order valence-corrected chi connectivity index (χ0v) is 16.1. The molecule has 1 aromatic carbocycles. The fraction of sp³-hybridized carbons (Fsp3) is 0.300. The van der Waals surface area contributed by atoms with Crippen molar-refractivity contribution in [2.75, 3.05) is 5.32 Å². The predicted octanol–water partition coefficient (Wildman–Crippen LogP) is 4.98. The van der Waals surface area contributed by atoms with E-state index in [0.717, 1.165) is 10.4 Å². The number of hydrogen-bond donors (Lipinski definition) is 1. The summed E-state index contributed by atoms with van der Waals surface area (Å²) in [7, 11) is 0. The molecule has 138 valence electrons. The van der Waals surface area contributed by atoms with Gasteiger partial charge in [0.2, 0.25) is 5.91 Å². The summed E-state index contributed by atoms with van der Waals surface area (Å²) in [5.41, 5.74) is 2.02. The lowest BCUT2D eigenvalue weighted by molar-refractivity contribution is -0.111. The van der Waals surface area contributed by atoms with Crippen molar-refractivity contribution < 1.29 is 18.7 Å². The number of amides is 1. The first kappa shape index (κ1) is 19.8. The lowest BCUT2D eigenvalue weighted by Crippen LogP contribution is -2.16. The molecule has 0 fully saturated rings. The molecule has 0 aliphatic heterocycles. The molecule has 1 heterocycles. The molecule has 0 unspecified atom stereocenters. The van der Waals surface area contributed by atoms with Gasteiger partial charge in [0.25, 0.3) is 0 Å². The Balaban J connectivity index is 2.21. The first-order valence-corrected chi connectivity index (χ1v) is 9.21. The average Bonchev–Trinajstić information content (AvgIpc) is 2.88. The van der Waals surface area contributed by atoms with Gasteiger partial charge in [0.05, 0.1) is 11.7 Å². The largest absolute Gasteiger partial charge is 0.459 e. The van der Waals surface area contributed by atoms with Gasteiger partial charge >= 0.3 is 5.97 Å². The van der Waals surface area contributed by atoms with Gasteiger partial charge in [0.1, 0.15) is 10.8 Å². The second-order valence-electron chi connectivity index (χ2n) is 6.02. The number of aryl methyl sites for hydroxylation is 1. The summed E-state index contributed by atoms with van der Waals surface area (Å²) in [4.78, 5) is 25.7. The molecule has 2 aromatic rings. The highest BCUT2D eigenvalue weighted by Crippen LogP contribution is 2.34. The second-order valence-corrected chi connectivity index (χ2v) is 7.25. The van der Waals surface area contributed by atoms with Crippen molar-refractivity contribution in [1.29, 1.82) is 0 Å². The Morgan fingerprint density at radius 1 is 1.27 bits per heavy atom. The Kier molecular flexibility index (Phi) is 6.69. The zero-order valence-electron chi connectivity index (χ0n) is 15.3. The lowest BCUT2D eigenvalue weighted by Gasteiger charge is -2.10. The molecule has 0 atom stereocenters. The second kappa shape index (κ2) is 8.76. The molecule has 2 rings (SSSR count). The SMILES string of the molecule is CCc1c(C)sc(NC(=O)C=Cc2ccc(F)cc2)c1C(=O)OC(C)C. The smallest absolute Gasteiger partial charge is 0.341 e. The van der Waals surface area contributed by atoms with E-state index >= 15 is 0 Å². The summed E-state index contributed by atoms with van der Waals surface area (Å²) in [6.45, 7) is 7.44. The Labute approximate surface area is 156 Å². The molecule has 1 N–H and O–H groups in total. The van der Waals surface area contributed by atoms with Crippen LogP contribution in [0.4, 0.5) is 9.39 Å². The van der Waals surface area contributed by atoms with Crippen molar-refractivity contribution >= 4 is 34.3 Å². The van der Waals surface area contributed by atoms with Crippen LogP contribution in [-0.2, 0) is 16.0 Å². The third kappa shape index (κ3) is 5.02. The first-order valence-electron chi connectivity index (χ1n) is 8.39. The van der Waals surface area contributed by atoms with Crippen molar-refractivity contribution in [2.24, 2.45) is 0 Å². The van der Waals surface area contributed by atoms with E-state index in [9.17, 15) is 14.0 Å². The van der Waals surface area contributed by atoms with Crippen LogP contribution in [0.5, 0.6) is 0 Å².